The Kier molecular flexibility index (Phi) is 3.31. The first kappa shape index (κ1) is 13.2. The van der Waals surface area contributed by atoms with Crippen molar-refractivity contribution in [3.63, 3.8) is 0 Å². The Labute approximate surface area is 122 Å². The van der Waals surface area contributed by atoms with Crippen molar-refractivity contribution < 1.29 is 9.53 Å². The normalized spacial score (nSPS) is 10.6. The SMILES string of the molecule is CN(C)C(=O)Oc1ccn2cc(-c3ccccc3)nc2c1. The van der Waals surface area contributed by atoms with Gasteiger partial charge < -0.3 is 14.0 Å². The maximum atomic E-state index is 11.6. The van der Waals surface area contributed by atoms with Gasteiger partial charge in [-0.05, 0) is 6.07 Å². The molecule has 5 heteroatoms. The van der Waals surface area contributed by atoms with Crippen LogP contribution in [0, 0.1) is 0 Å². The molecule has 0 saturated heterocycles. The summed E-state index contributed by atoms with van der Waals surface area (Å²) in [4.78, 5) is 17.5. The van der Waals surface area contributed by atoms with Gasteiger partial charge in [-0.3, -0.25) is 0 Å². The third-order valence-corrected chi connectivity index (χ3v) is 3.07. The highest BCUT2D eigenvalue weighted by atomic mass is 16.6. The molecule has 0 fully saturated rings. The Balaban J connectivity index is 1.94. The summed E-state index contributed by atoms with van der Waals surface area (Å²) in [5.41, 5.74) is 2.66. The summed E-state index contributed by atoms with van der Waals surface area (Å²) in [5, 5.41) is 0. The predicted molar refractivity (Wildman–Crippen MR) is 80.3 cm³/mol. The van der Waals surface area contributed by atoms with E-state index < -0.39 is 6.09 Å². The molecule has 0 aliphatic carbocycles. The molecule has 0 spiro atoms. The van der Waals surface area contributed by atoms with Crippen molar-refractivity contribution in [2.24, 2.45) is 0 Å². The number of nitrogens with zero attached hydrogens (tertiary/aromatic N) is 3. The largest absolute Gasteiger partial charge is 0.414 e. The van der Waals surface area contributed by atoms with Gasteiger partial charge in [-0.15, -0.1) is 0 Å². The van der Waals surface area contributed by atoms with Crippen LogP contribution in [0.1, 0.15) is 0 Å². The molecular weight excluding hydrogens is 266 g/mol. The van der Waals surface area contributed by atoms with E-state index in [1.807, 2.05) is 47.1 Å². The molecule has 21 heavy (non-hydrogen) atoms. The lowest BCUT2D eigenvalue weighted by Crippen LogP contribution is -2.25. The number of pyridine rings is 1. The highest BCUT2D eigenvalue weighted by Gasteiger charge is 2.09. The van der Waals surface area contributed by atoms with E-state index in [9.17, 15) is 4.79 Å². The summed E-state index contributed by atoms with van der Waals surface area (Å²) in [6, 6.07) is 13.4. The Morgan fingerprint density at radius 3 is 2.67 bits per heavy atom. The van der Waals surface area contributed by atoms with Crippen LogP contribution in [0.15, 0.2) is 54.9 Å². The summed E-state index contributed by atoms with van der Waals surface area (Å²) in [6.07, 6.45) is 3.36. The Morgan fingerprint density at radius 1 is 1.19 bits per heavy atom. The lowest BCUT2D eigenvalue weighted by Gasteiger charge is -2.10. The van der Waals surface area contributed by atoms with Crippen LogP contribution in [0.25, 0.3) is 16.9 Å². The standard InChI is InChI=1S/C16H15N3O2/c1-18(2)16(20)21-13-8-9-19-11-14(17-15(19)10-13)12-6-4-3-5-7-12/h3-11H,1-2H3. The molecule has 0 atom stereocenters. The summed E-state index contributed by atoms with van der Waals surface area (Å²) < 4.78 is 7.13. The number of fused-ring (bicyclic) bond motifs is 1. The zero-order valence-electron chi connectivity index (χ0n) is 11.9. The lowest BCUT2D eigenvalue weighted by molar-refractivity contribution is 0.172. The number of hydrogen-bond acceptors (Lipinski definition) is 3. The first-order chi connectivity index (χ1) is 10.1. The van der Waals surface area contributed by atoms with Gasteiger partial charge in [-0.2, -0.15) is 0 Å². The minimum absolute atomic E-state index is 0.408. The fourth-order valence-corrected chi connectivity index (χ4v) is 1.97. The zero-order chi connectivity index (χ0) is 14.8. The number of ether oxygens (including phenoxy) is 1. The third kappa shape index (κ3) is 2.72. The number of rotatable bonds is 2. The van der Waals surface area contributed by atoms with Crippen LogP contribution in [0.2, 0.25) is 0 Å². The summed E-state index contributed by atoms with van der Waals surface area (Å²) >= 11 is 0. The second kappa shape index (κ2) is 5.28. The van der Waals surface area contributed by atoms with E-state index in [0.717, 1.165) is 16.9 Å². The van der Waals surface area contributed by atoms with Gasteiger partial charge in [0.05, 0.1) is 5.69 Å². The van der Waals surface area contributed by atoms with E-state index in [0.29, 0.717) is 5.75 Å². The highest BCUT2D eigenvalue weighted by Crippen LogP contribution is 2.21. The fourth-order valence-electron chi connectivity index (χ4n) is 1.97. The molecule has 0 aliphatic heterocycles. The molecule has 0 unspecified atom stereocenters. The summed E-state index contributed by atoms with van der Waals surface area (Å²) in [5.74, 6) is 0.478. The van der Waals surface area contributed by atoms with Crippen LogP contribution in [0.3, 0.4) is 0 Å². The van der Waals surface area contributed by atoms with E-state index in [2.05, 4.69) is 4.98 Å². The second-order valence-electron chi connectivity index (χ2n) is 4.88. The molecule has 2 aromatic heterocycles. The molecule has 3 rings (SSSR count). The number of aromatic nitrogens is 2. The van der Waals surface area contributed by atoms with Crippen molar-refractivity contribution >= 4 is 11.7 Å². The molecule has 1 amide bonds. The van der Waals surface area contributed by atoms with Crippen LogP contribution < -0.4 is 4.74 Å². The van der Waals surface area contributed by atoms with Gasteiger partial charge >= 0.3 is 6.09 Å². The first-order valence-electron chi connectivity index (χ1n) is 6.57. The minimum atomic E-state index is -0.408. The molecule has 1 aromatic carbocycles. The van der Waals surface area contributed by atoms with Gasteiger partial charge in [-0.1, -0.05) is 30.3 Å². The van der Waals surface area contributed by atoms with Gasteiger partial charge in [0.2, 0.25) is 0 Å². The highest BCUT2D eigenvalue weighted by molar-refractivity contribution is 5.71. The zero-order valence-corrected chi connectivity index (χ0v) is 11.9. The quantitative estimate of drug-likeness (QED) is 0.725. The van der Waals surface area contributed by atoms with Crippen molar-refractivity contribution in [3.05, 3.63) is 54.9 Å². The van der Waals surface area contributed by atoms with Gasteiger partial charge in [-0.25, -0.2) is 9.78 Å². The van der Waals surface area contributed by atoms with Crippen molar-refractivity contribution in [1.82, 2.24) is 14.3 Å². The van der Waals surface area contributed by atoms with Crippen molar-refractivity contribution in [2.75, 3.05) is 14.1 Å². The van der Waals surface area contributed by atoms with Crippen LogP contribution in [0.5, 0.6) is 5.75 Å². The fraction of sp³-hybridized carbons (Fsp3) is 0.125. The second-order valence-corrected chi connectivity index (χ2v) is 4.88. The Morgan fingerprint density at radius 2 is 1.95 bits per heavy atom. The Hall–Kier alpha value is -2.82. The lowest BCUT2D eigenvalue weighted by atomic mass is 10.2. The third-order valence-electron chi connectivity index (χ3n) is 3.07. The van der Waals surface area contributed by atoms with Gasteiger partial charge in [0.25, 0.3) is 0 Å². The number of carbonyl (C=O) groups is 1. The smallest absolute Gasteiger partial charge is 0.410 e. The molecular formula is C16H15N3O2. The average molecular weight is 281 g/mol. The van der Waals surface area contributed by atoms with Crippen molar-refractivity contribution in [2.45, 2.75) is 0 Å². The number of amides is 1. The molecule has 0 bridgehead atoms. The topological polar surface area (TPSA) is 46.8 Å². The maximum absolute atomic E-state index is 11.6. The van der Waals surface area contributed by atoms with Crippen LogP contribution >= 0.6 is 0 Å². The average Bonchev–Trinajstić information content (AvgIpc) is 2.91. The molecule has 0 N–H and O–H groups in total. The number of imidazole rings is 1. The maximum Gasteiger partial charge on any atom is 0.414 e. The van der Waals surface area contributed by atoms with Gasteiger partial charge in [0, 0.05) is 38.1 Å². The predicted octanol–water partition coefficient (Wildman–Crippen LogP) is 3.06. The van der Waals surface area contributed by atoms with Crippen LogP contribution in [0.4, 0.5) is 4.79 Å². The molecule has 5 nitrogen and oxygen atoms in total. The van der Waals surface area contributed by atoms with Crippen LogP contribution in [-0.4, -0.2) is 34.5 Å². The van der Waals surface area contributed by atoms with Gasteiger partial charge in [0.15, 0.2) is 0 Å². The monoisotopic (exact) mass is 281 g/mol. The van der Waals surface area contributed by atoms with E-state index >= 15 is 0 Å². The van der Waals surface area contributed by atoms with Gasteiger partial charge in [0.1, 0.15) is 11.4 Å². The van der Waals surface area contributed by atoms with Crippen molar-refractivity contribution in [3.8, 4) is 17.0 Å². The van der Waals surface area contributed by atoms with E-state index in [4.69, 9.17) is 4.74 Å². The molecule has 2 heterocycles. The molecule has 0 saturated carbocycles. The summed E-state index contributed by atoms with van der Waals surface area (Å²) in [6.45, 7) is 0. The summed E-state index contributed by atoms with van der Waals surface area (Å²) in [7, 11) is 3.29. The molecule has 0 aliphatic rings. The minimum Gasteiger partial charge on any atom is -0.410 e. The molecule has 3 aromatic rings. The molecule has 106 valence electrons. The van der Waals surface area contributed by atoms with E-state index in [-0.39, 0.29) is 0 Å². The number of benzene rings is 1. The van der Waals surface area contributed by atoms with Crippen molar-refractivity contribution in [1.29, 1.82) is 0 Å². The first-order valence-corrected chi connectivity index (χ1v) is 6.57. The van der Waals surface area contributed by atoms with Crippen LogP contribution in [-0.2, 0) is 0 Å². The van der Waals surface area contributed by atoms with E-state index in [1.54, 1.807) is 26.2 Å². The van der Waals surface area contributed by atoms with E-state index in [1.165, 1.54) is 4.90 Å². The molecule has 0 radical (unpaired) electrons. The Bertz CT molecular complexity index is 779. The number of carbonyl (C=O) groups excluding carboxylic acids is 1. The number of hydrogen-bond donors (Lipinski definition) is 0.